The number of carbonyl (C=O) groups excluding carboxylic acids is 4. The average molecular weight is 890 g/mol. The van der Waals surface area contributed by atoms with Gasteiger partial charge in [-0.3, -0.25) is 19.2 Å². The normalized spacial score (nSPS) is 16.7. The van der Waals surface area contributed by atoms with Crippen LogP contribution < -0.4 is 22.1 Å². The van der Waals surface area contributed by atoms with Gasteiger partial charge in [-0.1, -0.05) is 69.3 Å². The summed E-state index contributed by atoms with van der Waals surface area (Å²) in [5.74, 6) is -1.64. The first-order chi connectivity index (χ1) is 28.6. The third-order valence-electron chi connectivity index (χ3n) is 10.3. The topological polar surface area (TPSA) is 218 Å². The third-order valence-corrected chi connectivity index (χ3v) is 11.3. The zero-order valence-corrected chi connectivity index (χ0v) is 37.7. The van der Waals surface area contributed by atoms with Gasteiger partial charge < -0.3 is 51.1 Å². The molecule has 5 atom stereocenters. The third kappa shape index (κ3) is 17.4. The van der Waals surface area contributed by atoms with Gasteiger partial charge in [0.1, 0.15) is 18.7 Å². The second-order valence-electron chi connectivity index (χ2n) is 16.3. The number of hydrogen-bond acceptors (Lipinski definition) is 12. The average Bonchev–Trinajstić information content (AvgIpc) is 3.84. The van der Waals surface area contributed by atoms with Gasteiger partial charge in [0, 0.05) is 38.6 Å². The molecule has 0 radical (unpaired) electrons. The van der Waals surface area contributed by atoms with Gasteiger partial charge in [0.15, 0.2) is 0 Å². The van der Waals surface area contributed by atoms with Crippen molar-refractivity contribution in [2.24, 2.45) is 16.9 Å². The van der Waals surface area contributed by atoms with Crippen LogP contribution in [0.25, 0.3) is 10.4 Å². The lowest BCUT2D eigenvalue weighted by atomic mass is 9.85. The van der Waals surface area contributed by atoms with E-state index in [0.717, 1.165) is 40.1 Å². The number of ether oxygens (including phenoxy) is 4. The van der Waals surface area contributed by atoms with Crippen molar-refractivity contribution in [1.82, 2.24) is 20.5 Å². The van der Waals surface area contributed by atoms with Gasteiger partial charge in [-0.25, -0.2) is 4.98 Å². The molecule has 0 unspecified atom stereocenters. The summed E-state index contributed by atoms with van der Waals surface area (Å²) in [5, 5.41) is 16.2. The quantitative estimate of drug-likeness (QED) is 0.0771. The van der Waals surface area contributed by atoms with Gasteiger partial charge in [0.25, 0.3) is 0 Å². The van der Waals surface area contributed by atoms with Crippen molar-refractivity contribution in [3.8, 4) is 10.4 Å². The highest BCUT2D eigenvalue weighted by Gasteiger charge is 2.44. The van der Waals surface area contributed by atoms with Crippen molar-refractivity contribution in [3.63, 3.8) is 0 Å². The lowest BCUT2D eigenvalue weighted by Gasteiger charge is -2.35. The minimum atomic E-state index is -0.953. The number of aromatic nitrogens is 1. The van der Waals surface area contributed by atoms with E-state index < -0.39 is 35.4 Å². The van der Waals surface area contributed by atoms with Crippen molar-refractivity contribution in [2.45, 2.75) is 110 Å². The molecule has 1 aromatic heterocycles. The van der Waals surface area contributed by atoms with E-state index in [9.17, 15) is 24.3 Å². The maximum absolute atomic E-state index is 13.9. The number of aryl methyl sites for hydroxylation is 2. The second-order valence-corrected chi connectivity index (χ2v) is 17.2. The van der Waals surface area contributed by atoms with Gasteiger partial charge in [-0.2, -0.15) is 0 Å². The maximum Gasteiger partial charge on any atom is 0.246 e. The molecule has 4 rings (SSSR count). The smallest absolute Gasteiger partial charge is 0.246 e. The lowest BCUT2D eigenvalue weighted by molar-refractivity contribution is -0.144. The van der Waals surface area contributed by atoms with Crippen molar-refractivity contribution in [1.29, 1.82) is 0 Å². The highest BCUT2D eigenvalue weighted by atomic mass is 35.5. The molecule has 0 saturated carbocycles. The van der Waals surface area contributed by atoms with Crippen LogP contribution in [0.3, 0.4) is 0 Å². The molecule has 338 valence electrons. The molecular formula is C44H65ClN6O9S. The summed E-state index contributed by atoms with van der Waals surface area (Å²) < 4.78 is 22.7. The van der Waals surface area contributed by atoms with Crippen molar-refractivity contribution in [3.05, 3.63) is 76.4 Å². The van der Waals surface area contributed by atoms with Crippen LogP contribution in [-0.2, 0) is 57.7 Å². The van der Waals surface area contributed by atoms with Crippen LogP contribution in [0.4, 0.5) is 0 Å². The zero-order valence-electron chi connectivity index (χ0n) is 36.1. The highest BCUT2D eigenvalue weighted by molar-refractivity contribution is 7.13. The Hall–Kier alpha value is -4.00. The summed E-state index contributed by atoms with van der Waals surface area (Å²) in [6, 6.07) is 14.0. The van der Waals surface area contributed by atoms with E-state index in [0.29, 0.717) is 32.8 Å². The number of halogens is 1. The molecule has 2 aromatic carbocycles. The summed E-state index contributed by atoms with van der Waals surface area (Å²) in [6.07, 6.45) is 1.52. The monoisotopic (exact) mass is 888 g/mol. The van der Waals surface area contributed by atoms with Crippen molar-refractivity contribution in [2.75, 3.05) is 46.2 Å². The molecule has 1 aliphatic rings. The molecule has 0 bridgehead atoms. The minimum Gasteiger partial charge on any atom is -0.391 e. The number of amides is 4. The summed E-state index contributed by atoms with van der Waals surface area (Å²) >= 11 is 1.57. The summed E-state index contributed by atoms with van der Waals surface area (Å²) in [6.45, 7) is 11.6. The van der Waals surface area contributed by atoms with Crippen LogP contribution in [0, 0.1) is 12.3 Å². The number of nitrogens with one attached hydrogen (secondary N) is 2. The van der Waals surface area contributed by atoms with Crippen molar-refractivity contribution < 1.29 is 43.2 Å². The molecule has 1 fully saturated rings. The number of β-amino-alcohol motifs (C(OH)–C–C–N with tert-alkyl or cyclic N) is 1. The molecule has 1 aliphatic heterocycles. The molecule has 1 saturated heterocycles. The summed E-state index contributed by atoms with van der Waals surface area (Å²) in [5.41, 5.74) is 17.6. The molecule has 4 amide bonds. The number of benzene rings is 2. The fourth-order valence-electron chi connectivity index (χ4n) is 6.66. The lowest BCUT2D eigenvalue weighted by Crippen LogP contribution is -2.58. The van der Waals surface area contributed by atoms with Crippen LogP contribution >= 0.6 is 23.7 Å². The Bertz CT molecular complexity index is 1810. The fourth-order valence-corrected chi connectivity index (χ4v) is 7.47. The van der Waals surface area contributed by atoms with E-state index in [-0.39, 0.29) is 82.1 Å². The summed E-state index contributed by atoms with van der Waals surface area (Å²) in [4.78, 5) is 57.9. The van der Waals surface area contributed by atoms with Gasteiger partial charge in [-0.15, -0.1) is 23.7 Å². The molecular weight excluding hydrogens is 824 g/mol. The molecule has 7 N–H and O–H groups in total. The largest absolute Gasteiger partial charge is 0.391 e. The predicted molar refractivity (Wildman–Crippen MR) is 237 cm³/mol. The van der Waals surface area contributed by atoms with E-state index >= 15 is 0 Å². The first kappa shape index (κ1) is 51.4. The molecule has 3 aromatic rings. The maximum atomic E-state index is 13.9. The predicted octanol–water partition coefficient (Wildman–Crippen LogP) is 3.83. The van der Waals surface area contributed by atoms with Crippen molar-refractivity contribution >= 4 is 47.4 Å². The van der Waals surface area contributed by atoms with E-state index in [1.807, 2.05) is 76.5 Å². The van der Waals surface area contributed by atoms with Crippen LogP contribution in [0.2, 0.25) is 0 Å². The molecule has 2 heterocycles. The number of nitrogens with zero attached hydrogens (tertiary/aromatic N) is 2. The fraction of sp³-hybridized carbons (Fsp3) is 0.568. The number of carbonyl (C=O) groups is 4. The van der Waals surface area contributed by atoms with Gasteiger partial charge >= 0.3 is 0 Å². The Balaban J connectivity index is 0.00000992. The Morgan fingerprint density at radius 1 is 0.951 bits per heavy atom. The number of thiazole rings is 1. The van der Waals surface area contributed by atoms with Crippen LogP contribution in [0.5, 0.6) is 0 Å². The first-order valence-corrected chi connectivity index (χ1v) is 21.5. The molecule has 61 heavy (non-hydrogen) atoms. The number of hydrogen-bond donors (Lipinski definition) is 5. The Labute approximate surface area is 370 Å². The standard InChI is InChI=1S/C44H64N6O9S.ClH/c1-29-40(60-28-48-29)34-14-12-32(13-15-34)24-47-42(54)37-23-35(51)25-50(37)43(55)41(44(3,4)5)49-39(53)27-58-22-21-57-20-19-56-18-6-7-31-8-10-33(11-9-31)26-59-30(2)36(45)16-17-38(46)52;/h8-15,28,30,35-37,41,51H,6-7,16-27,45H2,1-5H3,(H2,46,52)(H,47,54)(H,49,53);1H/t30-,35-,36+,37+,41-;/m1./s1. The van der Waals surface area contributed by atoms with Crippen LogP contribution in [0.15, 0.2) is 54.0 Å². The number of aliphatic hydroxyl groups is 1. The second kappa shape index (κ2) is 25.8. The Morgan fingerprint density at radius 2 is 1.57 bits per heavy atom. The highest BCUT2D eigenvalue weighted by Crippen LogP contribution is 2.28. The first-order valence-electron chi connectivity index (χ1n) is 20.6. The van der Waals surface area contributed by atoms with Gasteiger partial charge in [0.2, 0.25) is 23.6 Å². The number of rotatable bonds is 25. The summed E-state index contributed by atoms with van der Waals surface area (Å²) in [7, 11) is 0. The molecule has 15 nitrogen and oxygen atoms in total. The van der Waals surface area contributed by atoms with Crippen LogP contribution in [-0.4, -0.2) is 115 Å². The van der Waals surface area contributed by atoms with Gasteiger partial charge in [-0.05, 0) is 60.8 Å². The molecule has 0 aliphatic carbocycles. The molecule has 17 heteroatoms. The SMILES string of the molecule is Cc1ncsc1-c1ccc(CNC(=O)[C@@H]2C[C@@H](O)CN2C(=O)[C@@H](NC(=O)COCCOCCOCCCc2ccc(CO[C@H](C)[C@@H](N)CCC(N)=O)cc2)C(C)(C)C)cc1.Cl. The minimum absolute atomic E-state index is 0. The van der Waals surface area contributed by atoms with E-state index in [1.165, 1.54) is 10.5 Å². The number of nitrogens with two attached hydrogens (primary N) is 2. The Kier molecular flexibility index (Phi) is 21.7. The van der Waals surface area contributed by atoms with E-state index in [2.05, 4.69) is 27.8 Å². The number of aliphatic hydroxyl groups excluding tert-OH is 1. The van der Waals surface area contributed by atoms with Crippen LogP contribution in [0.1, 0.15) is 75.8 Å². The zero-order chi connectivity index (χ0) is 43.7. The number of primary amides is 1. The van der Waals surface area contributed by atoms with E-state index in [4.69, 9.17) is 30.4 Å². The van der Waals surface area contributed by atoms with Gasteiger partial charge in [0.05, 0.1) is 61.3 Å². The van der Waals surface area contributed by atoms with E-state index in [1.54, 1.807) is 11.3 Å². The number of likely N-dealkylation sites (tertiary alicyclic amines) is 1. The molecule has 0 spiro atoms. The Morgan fingerprint density at radius 3 is 2.20 bits per heavy atom.